The normalized spacial score (nSPS) is 18.9. The number of carbonyl (C=O) groups excluding carboxylic acids is 2. The molecule has 2 aromatic heterocycles. The molecule has 30 heavy (non-hydrogen) atoms. The van der Waals surface area contributed by atoms with Crippen LogP contribution in [0.5, 0.6) is 0 Å². The summed E-state index contributed by atoms with van der Waals surface area (Å²) >= 11 is 0.888. The van der Waals surface area contributed by atoms with E-state index in [1.807, 2.05) is 0 Å². The van der Waals surface area contributed by atoms with Crippen LogP contribution in [-0.2, 0) is 17.5 Å². The van der Waals surface area contributed by atoms with Crippen LogP contribution >= 0.6 is 11.3 Å². The number of likely N-dealkylation sites (N-methyl/N-ethyl adjacent to an activating group) is 1. The molecule has 1 aromatic carbocycles. The smallest absolute Gasteiger partial charge is 0.417 e. The average Bonchev–Trinajstić information content (AvgIpc) is 3.40. The molecule has 0 aliphatic carbocycles. The maximum absolute atomic E-state index is 13.6. The van der Waals surface area contributed by atoms with Crippen LogP contribution in [0.25, 0.3) is 0 Å². The van der Waals surface area contributed by atoms with Gasteiger partial charge < -0.3 is 14.6 Å². The summed E-state index contributed by atoms with van der Waals surface area (Å²) < 4.78 is 46.0. The van der Waals surface area contributed by atoms with Gasteiger partial charge in [0, 0.05) is 17.5 Å². The molecule has 2 amide bonds. The molecule has 1 aliphatic heterocycles. The van der Waals surface area contributed by atoms with E-state index in [4.69, 9.17) is 4.42 Å². The van der Waals surface area contributed by atoms with Gasteiger partial charge in [-0.2, -0.15) is 13.2 Å². The number of benzene rings is 1. The molecule has 0 radical (unpaired) electrons. The highest BCUT2D eigenvalue weighted by atomic mass is 32.1. The third kappa shape index (κ3) is 3.49. The molecule has 3 heterocycles. The lowest BCUT2D eigenvalue weighted by molar-refractivity contribution is -0.139. The Kier molecular flexibility index (Phi) is 5.15. The van der Waals surface area contributed by atoms with Gasteiger partial charge in [0.2, 0.25) is 5.91 Å². The van der Waals surface area contributed by atoms with Gasteiger partial charge in [0.05, 0.1) is 30.3 Å². The largest absolute Gasteiger partial charge is 0.467 e. The van der Waals surface area contributed by atoms with Crippen molar-refractivity contribution in [2.45, 2.75) is 24.7 Å². The Hall–Kier alpha value is -3.07. The zero-order chi connectivity index (χ0) is 21.5. The van der Waals surface area contributed by atoms with Gasteiger partial charge in [0.1, 0.15) is 5.76 Å². The minimum atomic E-state index is -4.59. The van der Waals surface area contributed by atoms with Crippen molar-refractivity contribution in [1.29, 1.82) is 0 Å². The Labute approximate surface area is 174 Å². The summed E-state index contributed by atoms with van der Waals surface area (Å²) in [5, 5.41) is 4.06. The molecule has 0 saturated heterocycles. The number of halogens is 3. The number of fused-ring (bicyclic) bond motifs is 1. The molecule has 9 heteroatoms. The number of rotatable bonds is 4. The molecule has 1 aliphatic rings. The number of nitrogens with zero attached hydrogens (tertiary/aromatic N) is 1. The Morgan fingerprint density at radius 1 is 1.20 bits per heavy atom. The van der Waals surface area contributed by atoms with Crippen molar-refractivity contribution >= 4 is 23.2 Å². The molecule has 2 atom stereocenters. The predicted molar refractivity (Wildman–Crippen MR) is 104 cm³/mol. The van der Waals surface area contributed by atoms with Gasteiger partial charge in [-0.05, 0) is 35.2 Å². The third-order valence-corrected chi connectivity index (χ3v) is 6.14. The van der Waals surface area contributed by atoms with Crippen molar-refractivity contribution < 1.29 is 27.2 Å². The Morgan fingerprint density at radius 2 is 1.97 bits per heavy atom. The first kappa shape index (κ1) is 20.2. The highest BCUT2D eigenvalue weighted by Gasteiger charge is 2.47. The monoisotopic (exact) mass is 434 g/mol. The predicted octanol–water partition coefficient (Wildman–Crippen LogP) is 4.59. The zero-order valence-corrected chi connectivity index (χ0v) is 16.6. The van der Waals surface area contributed by atoms with Crippen LogP contribution in [0.2, 0.25) is 0 Å². The summed E-state index contributed by atoms with van der Waals surface area (Å²) in [7, 11) is 1.43. The van der Waals surface area contributed by atoms with Crippen molar-refractivity contribution in [3.8, 4) is 0 Å². The molecular weight excluding hydrogens is 417 g/mol. The van der Waals surface area contributed by atoms with Crippen LogP contribution in [0.4, 0.5) is 13.2 Å². The van der Waals surface area contributed by atoms with E-state index < -0.39 is 35.5 Å². The van der Waals surface area contributed by atoms with Crippen molar-refractivity contribution in [3.05, 3.63) is 81.4 Å². The van der Waals surface area contributed by atoms with E-state index in [-0.39, 0.29) is 11.4 Å². The number of amides is 2. The van der Waals surface area contributed by atoms with Crippen LogP contribution in [0.3, 0.4) is 0 Å². The molecule has 3 aromatic rings. The molecule has 4 rings (SSSR count). The molecule has 0 saturated carbocycles. The van der Waals surface area contributed by atoms with Crippen LogP contribution in [0.15, 0.2) is 58.5 Å². The average molecular weight is 434 g/mol. The van der Waals surface area contributed by atoms with E-state index in [2.05, 4.69) is 5.32 Å². The maximum atomic E-state index is 13.6. The van der Waals surface area contributed by atoms with Gasteiger partial charge in [-0.1, -0.05) is 18.2 Å². The third-order valence-electron chi connectivity index (χ3n) is 5.15. The summed E-state index contributed by atoms with van der Waals surface area (Å²) in [5.41, 5.74) is -0.121. The van der Waals surface area contributed by atoms with E-state index >= 15 is 0 Å². The Morgan fingerprint density at radius 3 is 2.67 bits per heavy atom. The maximum Gasteiger partial charge on any atom is 0.417 e. The molecular formula is C21H17F3N2O3S. The van der Waals surface area contributed by atoms with Crippen molar-refractivity contribution in [2.75, 3.05) is 7.05 Å². The van der Waals surface area contributed by atoms with E-state index in [0.717, 1.165) is 17.4 Å². The molecule has 2 unspecified atom stereocenters. The molecule has 0 fully saturated rings. The Bertz CT molecular complexity index is 1080. The number of furan rings is 1. The van der Waals surface area contributed by atoms with Gasteiger partial charge in [0.25, 0.3) is 5.91 Å². The van der Waals surface area contributed by atoms with Gasteiger partial charge in [-0.25, -0.2) is 0 Å². The first-order valence-electron chi connectivity index (χ1n) is 9.10. The number of carbonyl (C=O) groups is 2. The highest BCUT2D eigenvalue weighted by molar-refractivity contribution is 7.10. The first-order chi connectivity index (χ1) is 14.3. The summed E-state index contributed by atoms with van der Waals surface area (Å²) in [5.74, 6) is -1.39. The summed E-state index contributed by atoms with van der Waals surface area (Å²) in [6, 6.07) is 9.78. The molecule has 156 valence electrons. The number of hydrogen-bond donors (Lipinski definition) is 1. The second kappa shape index (κ2) is 7.64. The summed E-state index contributed by atoms with van der Waals surface area (Å²) in [6.07, 6.45) is -3.13. The van der Waals surface area contributed by atoms with Gasteiger partial charge in [0.15, 0.2) is 0 Å². The Balaban J connectivity index is 1.79. The second-order valence-electron chi connectivity index (χ2n) is 6.92. The van der Waals surface area contributed by atoms with Crippen molar-refractivity contribution in [1.82, 2.24) is 10.2 Å². The topological polar surface area (TPSA) is 62.6 Å². The number of nitrogens with one attached hydrogen (secondary N) is 1. The fourth-order valence-corrected chi connectivity index (χ4v) is 4.86. The number of thiophene rings is 1. The van der Waals surface area contributed by atoms with Gasteiger partial charge in [-0.15, -0.1) is 11.3 Å². The van der Waals surface area contributed by atoms with Crippen LogP contribution in [0, 0.1) is 0 Å². The fraction of sp³-hybridized carbons (Fsp3) is 0.238. The van der Waals surface area contributed by atoms with Gasteiger partial charge >= 0.3 is 6.18 Å². The number of alkyl halides is 3. The van der Waals surface area contributed by atoms with E-state index in [0.29, 0.717) is 16.9 Å². The van der Waals surface area contributed by atoms with Crippen molar-refractivity contribution in [3.63, 3.8) is 0 Å². The molecule has 1 N–H and O–H groups in total. The van der Waals surface area contributed by atoms with Crippen molar-refractivity contribution in [2.24, 2.45) is 0 Å². The van der Waals surface area contributed by atoms with Gasteiger partial charge in [-0.3, -0.25) is 9.59 Å². The SMILES string of the molecule is CN1C(=O)c2ccccc2C(C(=O)NCc2ccco2)C1c1sccc1C(F)(F)F. The summed E-state index contributed by atoms with van der Waals surface area (Å²) in [4.78, 5) is 27.3. The highest BCUT2D eigenvalue weighted by Crippen LogP contribution is 2.48. The first-order valence-corrected chi connectivity index (χ1v) is 9.97. The van der Waals surface area contributed by atoms with Crippen LogP contribution < -0.4 is 5.32 Å². The van der Waals surface area contributed by atoms with Crippen LogP contribution in [0.1, 0.15) is 44.1 Å². The number of hydrogen-bond acceptors (Lipinski definition) is 4. The molecule has 0 spiro atoms. The molecule has 0 bridgehead atoms. The standard InChI is InChI=1S/C21H17F3N2O3S/c1-26-17(18-15(8-10-30-18)21(22,23)24)16(13-6-2-3-7-14(13)20(26)28)19(27)25-11-12-5-4-9-29-12/h2-10,16-17H,11H2,1H3,(H,25,27). The minimum Gasteiger partial charge on any atom is -0.467 e. The zero-order valence-electron chi connectivity index (χ0n) is 15.8. The fourth-order valence-electron chi connectivity index (χ4n) is 3.77. The second-order valence-corrected chi connectivity index (χ2v) is 7.87. The lowest BCUT2D eigenvalue weighted by Crippen LogP contribution is -2.45. The van der Waals surface area contributed by atoms with E-state index in [1.165, 1.54) is 23.6 Å². The molecule has 5 nitrogen and oxygen atoms in total. The van der Waals surface area contributed by atoms with E-state index in [1.54, 1.807) is 36.4 Å². The summed E-state index contributed by atoms with van der Waals surface area (Å²) in [6.45, 7) is 0.0887. The van der Waals surface area contributed by atoms with E-state index in [9.17, 15) is 22.8 Å². The quantitative estimate of drug-likeness (QED) is 0.654. The lowest BCUT2D eigenvalue weighted by Gasteiger charge is -2.39. The minimum absolute atomic E-state index is 0.0639. The lowest BCUT2D eigenvalue weighted by atomic mass is 9.81. The van der Waals surface area contributed by atoms with Crippen LogP contribution in [-0.4, -0.2) is 23.8 Å².